The van der Waals surface area contributed by atoms with E-state index in [0.29, 0.717) is 17.3 Å². The highest BCUT2D eigenvalue weighted by molar-refractivity contribution is 7.92. The van der Waals surface area contributed by atoms with Gasteiger partial charge >= 0.3 is 0 Å². The Morgan fingerprint density at radius 1 is 1.03 bits per heavy atom. The van der Waals surface area contributed by atoms with E-state index in [1.165, 1.54) is 11.4 Å². The van der Waals surface area contributed by atoms with Crippen LogP contribution in [0.25, 0.3) is 10.8 Å². The minimum Gasteiger partial charge on any atom is -0.484 e. The van der Waals surface area contributed by atoms with Crippen LogP contribution in [0.4, 0.5) is 11.5 Å². The zero-order chi connectivity index (χ0) is 24.3. The van der Waals surface area contributed by atoms with Crippen molar-refractivity contribution >= 4 is 38.2 Å². The normalized spacial score (nSPS) is 11.5. The summed E-state index contributed by atoms with van der Waals surface area (Å²) in [6.45, 7) is 3.75. The number of amides is 1. The molecule has 8 nitrogen and oxygen atoms in total. The fourth-order valence-corrected chi connectivity index (χ4v) is 4.76. The number of hydrogen-bond acceptors (Lipinski definition) is 5. The summed E-state index contributed by atoms with van der Waals surface area (Å²) in [5.74, 6) is 0.731. The molecule has 0 aliphatic carbocycles. The molecule has 176 valence electrons. The zero-order valence-corrected chi connectivity index (χ0v) is 20.0. The summed E-state index contributed by atoms with van der Waals surface area (Å²) < 4.78 is 34.8. The number of nitrogens with zero attached hydrogens (tertiary/aromatic N) is 3. The number of carbonyl (C=O) groups is 1. The van der Waals surface area contributed by atoms with Crippen molar-refractivity contribution in [2.45, 2.75) is 24.8 Å². The van der Waals surface area contributed by atoms with Crippen molar-refractivity contribution in [1.82, 2.24) is 9.78 Å². The molecule has 0 fully saturated rings. The van der Waals surface area contributed by atoms with Gasteiger partial charge < -0.3 is 10.1 Å². The summed E-state index contributed by atoms with van der Waals surface area (Å²) in [6, 6.07) is 21.1. The van der Waals surface area contributed by atoms with Crippen LogP contribution in [-0.4, -0.2) is 37.8 Å². The SMILES string of the molecule is CC(C)n1nccc1NC(=O)COc1ccc(N(C)S(=O)(=O)c2ccc3ccccc3c2)cc1. The molecule has 1 amide bonds. The van der Waals surface area contributed by atoms with Crippen molar-refractivity contribution in [2.75, 3.05) is 23.3 Å². The first kappa shape index (κ1) is 23.3. The quantitative estimate of drug-likeness (QED) is 0.404. The van der Waals surface area contributed by atoms with Crippen molar-refractivity contribution in [3.8, 4) is 5.75 Å². The molecule has 0 unspecified atom stereocenters. The number of sulfonamides is 1. The highest BCUT2D eigenvalue weighted by Crippen LogP contribution is 2.26. The van der Waals surface area contributed by atoms with Crippen LogP contribution in [0.5, 0.6) is 5.75 Å². The molecule has 0 radical (unpaired) electrons. The highest BCUT2D eigenvalue weighted by atomic mass is 32.2. The molecule has 0 atom stereocenters. The summed E-state index contributed by atoms with van der Waals surface area (Å²) in [7, 11) is -2.24. The van der Waals surface area contributed by atoms with Crippen LogP contribution in [0.1, 0.15) is 19.9 Å². The average Bonchev–Trinajstić information content (AvgIpc) is 3.30. The number of ether oxygens (including phenoxy) is 1. The average molecular weight is 479 g/mol. The van der Waals surface area contributed by atoms with Gasteiger partial charge in [-0.1, -0.05) is 30.3 Å². The van der Waals surface area contributed by atoms with Gasteiger partial charge in [0.2, 0.25) is 0 Å². The van der Waals surface area contributed by atoms with Gasteiger partial charge in [-0.05, 0) is 61.0 Å². The van der Waals surface area contributed by atoms with Crippen LogP contribution in [0.3, 0.4) is 0 Å². The molecule has 4 rings (SSSR count). The Hall–Kier alpha value is -3.85. The lowest BCUT2D eigenvalue weighted by Crippen LogP contribution is -2.26. The monoisotopic (exact) mass is 478 g/mol. The largest absolute Gasteiger partial charge is 0.484 e. The smallest absolute Gasteiger partial charge is 0.264 e. The third-order valence-corrected chi connectivity index (χ3v) is 7.16. The maximum Gasteiger partial charge on any atom is 0.264 e. The van der Waals surface area contributed by atoms with E-state index < -0.39 is 10.0 Å². The van der Waals surface area contributed by atoms with Crippen LogP contribution in [0.2, 0.25) is 0 Å². The molecule has 0 bridgehead atoms. The Kier molecular flexibility index (Phi) is 6.56. The van der Waals surface area contributed by atoms with Crippen molar-refractivity contribution < 1.29 is 17.9 Å². The lowest BCUT2D eigenvalue weighted by molar-refractivity contribution is -0.118. The zero-order valence-electron chi connectivity index (χ0n) is 19.2. The molecule has 1 N–H and O–H groups in total. The van der Waals surface area contributed by atoms with Crippen molar-refractivity contribution in [2.24, 2.45) is 0 Å². The lowest BCUT2D eigenvalue weighted by atomic mass is 10.1. The summed E-state index contributed by atoms with van der Waals surface area (Å²) >= 11 is 0. The molecule has 0 aliphatic heterocycles. The van der Waals surface area contributed by atoms with Gasteiger partial charge in [0.15, 0.2) is 6.61 Å². The Balaban J connectivity index is 1.41. The molecule has 1 heterocycles. The Morgan fingerprint density at radius 3 is 2.44 bits per heavy atom. The Bertz CT molecular complexity index is 1410. The summed E-state index contributed by atoms with van der Waals surface area (Å²) in [5.41, 5.74) is 0.478. The first-order valence-corrected chi connectivity index (χ1v) is 12.2. The third kappa shape index (κ3) is 4.89. The van der Waals surface area contributed by atoms with E-state index in [1.54, 1.807) is 59.4 Å². The van der Waals surface area contributed by atoms with E-state index in [1.807, 2.05) is 38.1 Å². The molecule has 4 aromatic rings. The standard InChI is InChI=1S/C25H26N4O4S/c1-18(2)29-24(14-15-26-29)27-25(30)17-33-22-11-9-21(10-12-22)28(3)34(31,32)23-13-8-19-6-4-5-7-20(19)16-23/h4-16,18H,17H2,1-3H3,(H,27,30). The first-order valence-electron chi connectivity index (χ1n) is 10.8. The highest BCUT2D eigenvalue weighted by Gasteiger charge is 2.21. The summed E-state index contributed by atoms with van der Waals surface area (Å²) in [4.78, 5) is 12.5. The van der Waals surface area contributed by atoms with E-state index in [0.717, 1.165) is 10.8 Å². The van der Waals surface area contributed by atoms with Crippen molar-refractivity contribution in [3.05, 3.63) is 79.0 Å². The van der Waals surface area contributed by atoms with Gasteiger partial charge in [-0.25, -0.2) is 13.1 Å². The Labute approximate surface area is 198 Å². The molecular weight excluding hydrogens is 452 g/mol. The molecule has 0 spiro atoms. The van der Waals surface area contributed by atoms with E-state index in [2.05, 4.69) is 10.4 Å². The second-order valence-corrected chi connectivity index (χ2v) is 10.0. The molecule has 0 aliphatic rings. The van der Waals surface area contributed by atoms with E-state index in [9.17, 15) is 13.2 Å². The molecule has 1 aromatic heterocycles. The number of anilines is 2. The third-order valence-electron chi connectivity index (χ3n) is 5.38. The lowest BCUT2D eigenvalue weighted by Gasteiger charge is -2.20. The van der Waals surface area contributed by atoms with Crippen LogP contribution >= 0.6 is 0 Å². The minimum absolute atomic E-state index is 0.113. The maximum absolute atomic E-state index is 13.1. The second kappa shape index (κ2) is 9.56. The fourth-order valence-electron chi connectivity index (χ4n) is 3.53. The van der Waals surface area contributed by atoms with Crippen molar-refractivity contribution in [3.63, 3.8) is 0 Å². The summed E-state index contributed by atoms with van der Waals surface area (Å²) in [6.07, 6.45) is 1.62. The number of hydrogen-bond donors (Lipinski definition) is 1. The first-order chi connectivity index (χ1) is 16.3. The van der Waals surface area contributed by atoms with Crippen LogP contribution < -0.4 is 14.4 Å². The molecule has 0 saturated heterocycles. The van der Waals surface area contributed by atoms with E-state index in [-0.39, 0.29) is 23.5 Å². The molecule has 34 heavy (non-hydrogen) atoms. The number of rotatable bonds is 8. The van der Waals surface area contributed by atoms with Gasteiger partial charge in [0.25, 0.3) is 15.9 Å². The van der Waals surface area contributed by atoms with E-state index in [4.69, 9.17) is 4.74 Å². The van der Waals surface area contributed by atoms with Crippen molar-refractivity contribution in [1.29, 1.82) is 0 Å². The molecule has 3 aromatic carbocycles. The fraction of sp³-hybridized carbons (Fsp3) is 0.200. The van der Waals surface area contributed by atoms with Crippen LogP contribution in [0.15, 0.2) is 83.9 Å². The van der Waals surface area contributed by atoms with Gasteiger partial charge in [0.05, 0.1) is 16.8 Å². The predicted molar refractivity (Wildman–Crippen MR) is 133 cm³/mol. The number of carbonyl (C=O) groups excluding carboxylic acids is 1. The summed E-state index contributed by atoms with van der Waals surface area (Å²) in [5, 5.41) is 8.78. The van der Waals surface area contributed by atoms with Gasteiger partial charge in [-0.3, -0.25) is 9.10 Å². The predicted octanol–water partition coefficient (Wildman–Crippen LogP) is 4.46. The van der Waals surface area contributed by atoms with Gasteiger partial charge in [0.1, 0.15) is 11.6 Å². The number of benzene rings is 3. The van der Waals surface area contributed by atoms with Gasteiger partial charge in [0, 0.05) is 19.2 Å². The van der Waals surface area contributed by atoms with Gasteiger partial charge in [-0.15, -0.1) is 0 Å². The maximum atomic E-state index is 13.1. The van der Waals surface area contributed by atoms with Gasteiger partial charge in [-0.2, -0.15) is 5.10 Å². The topological polar surface area (TPSA) is 93.5 Å². The van der Waals surface area contributed by atoms with Crippen LogP contribution in [-0.2, 0) is 14.8 Å². The second-order valence-electron chi connectivity index (χ2n) is 8.07. The number of nitrogens with one attached hydrogen (secondary N) is 1. The minimum atomic E-state index is -3.74. The Morgan fingerprint density at radius 2 is 1.74 bits per heavy atom. The van der Waals surface area contributed by atoms with Crippen LogP contribution in [0, 0.1) is 0 Å². The van der Waals surface area contributed by atoms with E-state index >= 15 is 0 Å². The number of aromatic nitrogens is 2. The number of fused-ring (bicyclic) bond motifs is 1. The molecular formula is C25H26N4O4S. The molecule has 9 heteroatoms. The molecule has 0 saturated carbocycles.